The van der Waals surface area contributed by atoms with Crippen molar-refractivity contribution in [1.82, 2.24) is 4.98 Å². The van der Waals surface area contributed by atoms with Gasteiger partial charge in [-0.2, -0.15) is 0 Å². The minimum absolute atomic E-state index is 0.0889. The van der Waals surface area contributed by atoms with Crippen LogP contribution in [0.5, 0.6) is 5.75 Å². The Kier molecular flexibility index (Phi) is 4.24. The molecule has 0 aliphatic carbocycles. The predicted octanol–water partition coefficient (Wildman–Crippen LogP) is 3.65. The summed E-state index contributed by atoms with van der Waals surface area (Å²) in [5.74, 6) is -1.78. The van der Waals surface area contributed by atoms with Gasteiger partial charge in [0, 0.05) is 11.8 Å². The van der Waals surface area contributed by atoms with Crippen molar-refractivity contribution in [1.29, 1.82) is 0 Å². The molecule has 1 aromatic heterocycles. The SMILES string of the molecule is O=C(O)CCC(=O)c1nc2cc(-c3ccccc3)ccc2cc1O. The quantitative estimate of drug-likeness (QED) is 0.700. The summed E-state index contributed by atoms with van der Waals surface area (Å²) in [6.45, 7) is 0. The number of carbonyl (C=O) groups excluding carboxylic acids is 1. The molecule has 3 rings (SSSR count). The molecule has 0 radical (unpaired) electrons. The van der Waals surface area contributed by atoms with E-state index < -0.39 is 11.8 Å². The Hall–Kier alpha value is -3.21. The Bertz CT molecular complexity index is 919. The maximum absolute atomic E-state index is 12.1. The molecule has 0 atom stereocenters. The van der Waals surface area contributed by atoms with Gasteiger partial charge in [-0.05, 0) is 23.3 Å². The number of benzene rings is 2. The van der Waals surface area contributed by atoms with Crippen LogP contribution in [0.25, 0.3) is 22.0 Å². The highest BCUT2D eigenvalue weighted by molar-refractivity contribution is 6.00. The fourth-order valence-corrected chi connectivity index (χ4v) is 2.51. The third-order valence-corrected chi connectivity index (χ3v) is 3.73. The smallest absolute Gasteiger partial charge is 0.303 e. The van der Waals surface area contributed by atoms with Crippen molar-refractivity contribution in [2.45, 2.75) is 12.8 Å². The molecule has 0 saturated heterocycles. The second-order valence-electron chi connectivity index (χ2n) is 5.45. The predicted molar refractivity (Wildman–Crippen MR) is 90.0 cm³/mol. The molecule has 24 heavy (non-hydrogen) atoms. The van der Waals surface area contributed by atoms with Crippen LogP contribution in [0, 0.1) is 0 Å². The third-order valence-electron chi connectivity index (χ3n) is 3.73. The van der Waals surface area contributed by atoms with Crippen LogP contribution in [0.15, 0.2) is 54.6 Å². The van der Waals surface area contributed by atoms with E-state index in [0.717, 1.165) is 11.1 Å². The number of Topliss-reactive ketones (excluding diaryl/α,β-unsaturated/α-hetero) is 1. The first-order valence-electron chi connectivity index (χ1n) is 7.49. The first-order chi connectivity index (χ1) is 11.5. The van der Waals surface area contributed by atoms with E-state index in [4.69, 9.17) is 5.11 Å². The number of aromatic nitrogens is 1. The maximum Gasteiger partial charge on any atom is 0.303 e. The van der Waals surface area contributed by atoms with Crippen LogP contribution >= 0.6 is 0 Å². The zero-order chi connectivity index (χ0) is 17.1. The molecule has 0 saturated carbocycles. The molecule has 0 spiro atoms. The van der Waals surface area contributed by atoms with E-state index in [1.165, 1.54) is 6.07 Å². The highest BCUT2D eigenvalue weighted by Gasteiger charge is 2.16. The standard InChI is InChI=1S/C19H15NO4/c21-16(8-9-18(23)24)19-17(22)11-14-7-6-13(10-15(14)20-19)12-4-2-1-3-5-12/h1-7,10-11,22H,8-9H2,(H,23,24). The van der Waals surface area contributed by atoms with Gasteiger partial charge in [-0.15, -0.1) is 0 Å². The summed E-state index contributed by atoms with van der Waals surface area (Å²) < 4.78 is 0. The molecule has 2 aromatic carbocycles. The molecular formula is C19H15NO4. The normalized spacial score (nSPS) is 10.7. The van der Waals surface area contributed by atoms with Gasteiger partial charge in [0.2, 0.25) is 0 Å². The fourth-order valence-electron chi connectivity index (χ4n) is 2.51. The van der Waals surface area contributed by atoms with Gasteiger partial charge in [-0.3, -0.25) is 9.59 Å². The minimum Gasteiger partial charge on any atom is -0.506 e. The Morgan fingerprint density at radius 2 is 1.67 bits per heavy atom. The molecule has 3 aromatic rings. The molecule has 0 unspecified atom stereocenters. The lowest BCUT2D eigenvalue weighted by atomic mass is 10.0. The van der Waals surface area contributed by atoms with Gasteiger partial charge in [0.15, 0.2) is 5.78 Å². The Balaban J connectivity index is 2.01. The number of carboxylic acid groups (broad SMARTS) is 1. The van der Waals surface area contributed by atoms with Crippen LogP contribution < -0.4 is 0 Å². The van der Waals surface area contributed by atoms with E-state index in [0.29, 0.717) is 10.9 Å². The van der Waals surface area contributed by atoms with Crippen molar-refractivity contribution in [2.75, 3.05) is 0 Å². The summed E-state index contributed by atoms with van der Waals surface area (Å²) in [5, 5.41) is 19.4. The van der Waals surface area contributed by atoms with Crippen LogP contribution in [-0.2, 0) is 4.79 Å². The number of carboxylic acids is 1. The largest absolute Gasteiger partial charge is 0.506 e. The number of hydrogen-bond acceptors (Lipinski definition) is 4. The summed E-state index contributed by atoms with van der Waals surface area (Å²) in [4.78, 5) is 26.9. The van der Waals surface area contributed by atoms with E-state index in [9.17, 15) is 14.7 Å². The second kappa shape index (κ2) is 6.50. The summed E-state index contributed by atoms with van der Waals surface area (Å²) in [6.07, 6.45) is -0.484. The van der Waals surface area contributed by atoms with Crippen molar-refractivity contribution in [3.8, 4) is 16.9 Å². The molecule has 0 aliphatic heterocycles. The van der Waals surface area contributed by atoms with Crippen LogP contribution in [-0.4, -0.2) is 26.9 Å². The van der Waals surface area contributed by atoms with E-state index in [-0.39, 0.29) is 24.3 Å². The molecule has 120 valence electrons. The number of rotatable bonds is 5. The average Bonchev–Trinajstić information content (AvgIpc) is 2.59. The van der Waals surface area contributed by atoms with Gasteiger partial charge in [-0.1, -0.05) is 42.5 Å². The van der Waals surface area contributed by atoms with E-state index in [1.54, 1.807) is 0 Å². The number of ketones is 1. The summed E-state index contributed by atoms with van der Waals surface area (Å²) >= 11 is 0. The zero-order valence-corrected chi connectivity index (χ0v) is 12.8. The van der Waals surface area contributed by atoms with Gasteiger partial charge >= 0.3 is 5.97 Å². The maximum atomic E-state index is 12.1. The number of fused-ring (bicyclic) bond motifs is 1. The molecule has 0 bridgehead atoms. The van der Waals surface area contributed by atoms with Crippen molar-refractivity contribution in [3.63, 3.8) is 0 Å². The molecule has 2 N–H and O–H groups in total. The van der Waals surface area contributed by atoms with Gasteiger partial charge < -0.3 is 10.2 Å². The lowest BCUT2D eigenvalue weighted by molar-refractivity contribution is -0.136. The highest BCUT2D eigenvalue weighted by atomic mass is 16.4. The van der Waals surface area contributed by atoms with Gasteiger partial charge in [0.05, 0.1) is 11.9 Å². The number of pyridine rings is 1. The van der Waals surface area contributed by atoms with E-state index in [1.807, 2.05) is 48.5 Å². The van der Waals surface area contributed by atoms with Gasteiger partial charge in [0.25, 0.3) is 0 Å². The van der Waals surface area contributed by atoms with Gasteiger partial charge in [-0.25, -0.2) is 4.98 Å². The van der Waals surface area contributed by atoms with Crippen LogP contribution in [0.1, 0.15) is 23.3 Å². The number of aliphatic carboxylic acids is 1. The molecule has 5 heteroatoms. The lowest BCUT2D eigenvalue weighted by Crippen LogP contribution is -2.06. The summed E-state index contributed by atoms with van der Waals surface area (Å²) in [7, 11) is 0. The number of hydrogen-bond donors (Lipinski definition) is 2. The van der Waals surface area contributed by atoms with Crippen molar-refractivity contribution >= 4 is 22.7 Å². The van der Waals surface area contributed by atoms with Gasteiger partial charge in [0.1, 0.15) is 11.4 Å². The molecule has 0 fully saturated rings. The zero-order valence-electron chi connectivity index (χ0n) is 12.8. The van der Waals surface area contributed by atoms with E-state index in [2.05, 4.69) is 4.98 Å². The summed E-state index contributed by atoms with van der Waals surface area (Å²) in [5.41, 5.74) is 2.46. The Morgan fingerprint density at radius 3 is 2.38 bits per heavy atom. The minimum atomic E-state index is -1.06. The van der Waals surface area contributed by atoms with Crippen molar-refractivity contribution in [2.24, 2.45) is 0 Å². The Labute approximate surface area is 138 Å². The molecule has 0 aliphatic rings. The number of nitrogens with zero attached hydrogens (tertiary/aromatic N) is 1. The molecular weight excluding hydrogens is 306 g/mol. The first-order valence-corrected chi connectivity index (χ1v) is 7.49. The fraction of sp³-hybridized carbons (Fsp3) is 0.105. The van der Waals surface area contributed by atoms with Crippen molar-refractivity contribution < 1.29 is 19.8 Å². The number of aromatic hydroxyl groups is 1. The number of carbonyl (C=O) groups is 2. The van der Waals surface area contributed by atoms with Crippen LogP contribution in [0.4, 0.5) is 0 Å². The lowest BCUT2D eigenvalue weighted by Gasteiger charge is -2.07. The Morgan fingerprint density at radius 1 is 0.917 bits per heavy atom. The monoisotopic (exact) mass is 321 g/mol. The van der Waals surface area contributed by atoms with Crippen LogP contribution in [0.2, 0.25) is 0 Å². The van der Waals surface area contributed by atoms with E-state index >= 15 is 0 Å². The molecule has 0 amide bonds. The van der Waals surface area contributed by atoms with Crippen molar-refractivity contribution in [3.05, 3.63) is 60.3 Å². The molecule has 5 nitrogen and oxygen atoms in total. The first kappa shape index (κ1) is 15.7. The summed E-state index contributed by atoms with van der Waals surface area (Å²) in [6, 6.07) is 16.8. The second-order valence-corrected chi connectivity index (χ2v) is 5.45. The topological polar surface area (TPSA) is 87.5 Å². The third kappa shape index (κ3) is 3.25. The molecule has 1 heterocycles. The average molecular weight is 321 g/mol. The highest BCUT2D eigenvalue weighted by Crippen LogP contribution is 2.27. The van der Waals surface area contributed by atoms with Crippen LogP contribution in [0.3, 0.4) is 0 Å².